The highest BCUT2D eigenvalue weighted by molar-refractivity contribution is 7.09. The number of nitrogens with zero attached hydrogens (tertiary/aromatic N) is 3. The first kappa shape index (κ1) is 17.6. The molecule has 1 aliphatic rings. The van der Waals surface area contributed by atoms with E-state index in [1.807, 2.05) is 19.1 Å². The lowest BCUT2D eigenvalue weighted by Gasteiger charge is -2.31. The van der Waals surface area contributed by atoms with Crippen molar-refractivity contribution < 1.29 is 0 Å². The predicted octanol–water partition coefficient (Wildman–Crippen LogP) is 5.04. The second-order valence-electron chi connectivity index (χ2n) is 6.69. The molecule has 0 unspecified atom stereocenters. The zero-order chi connectivity index (χ0) is 17.9. The van der Waals surface area contributed by atoms with Crippen LogP contribution in [0.2, 0.25) is 5.02 Å². The average Bonchev–Trinajstić information content (AvgIpc) is 3.07. The van der Waals surface area contributed by atoms with Gasteiger partial charge in [-0.2, -0.15) is 0 Å². The van der Waals surface area contributed by atoms with Crippen molar-refractivity contribution in [2.75, 3.05) is 0 Å². The van der Waals surface area contributed by atoms with E-state index in [4.69, 9.17) is 16.6 Å². The summed E-state index contributed by atoms with van der Waals surface area (Å²) < 4.78 is 0. The van der Waals surface area contributed by atoms with E-state index < -0.39 is 0 Å². The highest BCUT2D eigenvalue weighted by Crippen LogP contribution is 2.33. The second kappa shape index (κ2) is 7.82. The highest BCUT2D eigenvalue weighted by Gasteiger charge is 2.26. The summed E-state index contributed by atoms with van der Waals surface area (Å²) in [5.74, 6) is 0. The highest BCUT2D eigenvalue weighted by atomic mass is 35.5. The van der Waals surface area contributed by atoms with Gasteiger partial charge < -0.3 is 5.32 Å². The fraction of sp³-hybridized carbons (Fsp3) is 0.350. The van der Waals surface area contributed by atoms with E-state index in [-0.39, 0.29) is 12.1 Å². The van der Waals surface area contributed by atoms with Gasteiger partial charge in [0.15, 0.2) is 0 Å². The number of piperidine rings is 1. The topological polar surface area (TPSA) is 50.7 Å². The van der Waals surface area contributed by atoms with Crippen molar-refractivity contribution >= 4 is 22.9 Å². The maximum Gasteiger partial charge on any atom is 0.0987 e. The van der Waals surface area contributed by atoms with Crippen LogP contribution in [0.25, 0.3) is 0 Å². The van der Waals surface area contributed by atoms with Crippen molar-refractivity contribution in [1.82, 2.24) is 20.3 Å². The van der Waals surface area contributed by atoms with Crippen LogP contribution in [0.1, 0.15) is 59.1 Å². The Kier molecular flexibility index (Phi) is 5.29. The molecule has 0 radical (unpaired) electrons. The summed E-state index contributed by atoms with van der Waals surface area (Å²) >= 11 is 8.04. The number of aryl methyl sites for hydroxylation is 1. The molecule has 1 N–H and O–H groups in total. The van der Waals surface area contributed by atoms with Crippen molar-refractivity contribution in [2.45, 2.75) is 44.7 Å². The first-order valence-corrected chi connectivity index (χ1v) is 10.2. The van der Waals surface area contributed by atoms with Crippen LogP contribution >= 0.6 is 22.9 Å². The Labute approximate surface area is 162 Å². The average molecular weight is 385 g/mol. The maximum atomic E-state index is 6.34. The molecule has 26 heavy (non-hydrogen) atoms. The van der Waals surface area contributed by atoms with Gasteiger partial charge in [-0.3, -0.25) is 9.97 Å². The van der Waals surface area contributed by atoms with Crippen molar-refractivity contribution in [3.8, 4) is 0 Å². The van der Waals surface area contributed by atoms with Crippen LogP contribution in [0, 0.1) is 6.92 Å². The van der Waals surface area contributed by atoms with Crippen molar-refractivity contribution in [3.63, 3.8) is 0 Å². The molecule has 0 amide bonds. The molecule has 1 saturated heterocycles. The van der Waals surface area contributed by atoms with E-state index >= 15 is 0 Å². The molecule has 0 spiro atoms. The minimum Gasteiger partial charge on any atom is -0.300 e. The lowest BCUT2D eigenvalue weighted by molar-refractivity contribution is 0.321. The molecule has 0 aromatic carbocycles. The van der Waals surface area contributed by atoms with Crippen LogP contribution in [0.15, 0.2) is 41.9 Å². The first-order valence-electron chi connectivity index (χ1n) is 8.92. The van der Waals surface area contributed by atoms with Gasteiger partial charge in [0, 0.05) is 35.4 Å². The van der Waals surface area contributed by atoms with Crippen molar-refractivity contribution in [2.24, 2.45) is 0 Å². The Morgan fingerprint density at radius 3 is 2.85 bits per heavy atom. The Hall–Kier alpha value is -1.82. The molecule has 3 aromatic rings. The second-order valence-corrected chi connectivity index (χ2v) is 8.04. The lowest BCUT2D eigenvalue weighted by Crippen LogP contribution is -2.32. The number of thiazole rings is 1. The first-order chi connectivity index (χ1) is 12.7. The summed E-state index contributed by atoms with van der Waals surface area (Å²) in [4.78, 5) is 13.9. The van der Waals surface area contributed by atoms with Crippen LogP contribution in [0.3, 0.4) is 0 Å². The zero-order valence-electron chi connectivity index (χ0n) is 14.7. The number of pyridine rings is 2. The largest absolute Gasteiger partial charge is 0.300 e. The minimum atomic E-state index is 0.175. The third-order valence-electron chi connectivity index (χ3n) is 4.69. The Bertz CT molecular complexity index is 895. The molecule has 3 aromatic heterocycles. The smallest absolute Gasteiger partial charge is 0.0987 e. The van der Waals surface area contributed by atoms with E-state index in [0.29, 0.717) is 0 Å². The molecule has 0 aliphatic carbocycles. The molecule has 0 bridgehead atoms. The van der Waals surface area contributed by atoms with E-state index in [0.717, 1.165) is 58.5 Å². The number of hydrogen-bond acceptors (Lipinski definition) is 5. The van der Waals surface area contributed by atoms with Crippen molar-refractivity contribution in [3.05, 3.63) is 74.7 Å². The number of halogens is 1. The van der Waals surface area contributed by atoms with E-state index in [9.17, 15) is 0 Å². The molecule has 4 rings (SSSR count). The van der Waals surface area contributed by atoms with Gasteiger partial charge in [0.2, 0.25) is 0 Å². The van der Waals surface area contributed by atoms with Crippen LogP contribution in [0.5, 0.6) is 0 Å². The summed E-state index contributed by atoms with van der Waals surface area (Å²) in [6, 6.07) is 10.5. The van der Waals surface area contributed by atoms with Crippen LogP contribution in [0.4, 0.5) is 0 Å². The third-order valence-corrected chi connectivity index (χ3v) is 5.98. The van der Waals surface area contributed by atoms with Crippen molar-refractivity contribution in [1.29, 1.82) is 0 Å². The maximum absolute atomic E-state index is 6.34. The molecular formula is C20H21ClN4S. The van der Waals surface area contributed by atoms with E-state index in [1.54, 1.807) is 17.5 Å². The Balaban J connectivity index is 1.52. The molecule has 4 nitrogen and oxygen atoms in total. The number of rotatable bonds is 4. The zero-order valence-corrected chi connectivity index (χ0v) is 16.2. The van der Waals surface area contributed by atoms with Gasteiger partial charge in [-0.1, -0.05) is 17.7 Å². The van der Waals surface area contributed by atoms with E-state index in [2.05, 4.69) is 38.9 Å². The van der Waals surface area contributed by atoms with E-state index in [1.165, 1.54) is 0 Å². The molecule has 6 heteroatoms. The van der Waals surface area contributed by atoms with Gasteiger partial charge in [-0.25, -0.2) is 4.98 Å². The van der Waals surface area contributed by atoms with Gasteiger partial charge in [0.1, 0.15) is 0 Å². The Morgan fingerprint density at radius 1 is 1.15 bits per heavy atom. The number of hydrogen-bond donors (Lipinski definition) is 1. The molecule has 2 atom stereocenters. The summed E-state index contributed by atoms with van der Waals surface area (Å²) in [5, 5.41) is 7.63. The quantitative estimate of drug-likeness (QED) is 0.684. The van der Waals surface area contributed by atoms with Gasteiger partial charge in [0.05, 0.1) is 27.5 Å². The van der Waals surface area contributed by atoms with Gasteiger partial charge in [0.25, 0.3) is 0 Å². The molecule has 1 fully saturated rings. The molecule has 1 aliphatic heterocycles. The number of nitrogens with one attached hydrogen (secondary N) is 1. The molecule has 0 saturated carbocycles. The van der Waals surface area contributed by atoms with Crippen LogP contribution in [-0.4, -0.2) is 15.0 Å². The molecule has 4 heterocycles. The predicted molar refractivity (Wildman–Crippen MR) is 106 cm³/mol. The van der Waals surface area contributed by atoms with Crippen LogP contribution < -0.4 is 5.32 Å². The monoisotopic (exact) mass is 384 g/mol. The summed E-state index contributed by atoms with van der Waals surface area (Å²) in [6.07, 6.45) is 5.85. The minimum absolute atomic E-state index is 0.175. The summed E-state index contributed by atoms with van der Waals surface area (Å²) in [6.45, 7) is 2.03. The normalized spacial score (nSPS) is 20.2. The lowest BCUT2D eigenvalue weighted by atomic mass is 9.94. The summed E-state index contributed by atoms with van der Waals surface area (Å²) in [5.41, 5.74) is 4.17. The fourth-order valence-electron chi connectivity index (χ4n) is 3.47. The molecular weight excluding hydrogens is 364 g/mol. The molecule has 134 valence electrons. The van der Waals surface area contributed by atoms with Gasteiger partial charge >= 0.3 is 0 Å². The number of aromatic nitrogens is 3. The Morgan fingerprint density at radius 2 is 2.04 bits per heavy atom. The SMILES string of the molecule is Cc1csc(Cc2cccc([C@H]3CCC[C@@H](c4ncccc4Cl)N3)n2)n1. The van der Waals surface area contributed by atoms with Crippen LogP contribution in [-0.2, 0) is 6.42 Å². The summed E-state index contributed by atoms with van der Waals surface area (Å²) in [7, 11) is 0. The third kappa shape index (κ3) is 3.95. The fourth-order valence-corrected chi connectivity index (χ4v) is 4.51. The van der Waals surface area contributed by atoms with Gasteiger partial charge in [-0.05, 0) is 50.5 Å². The van der Waals surface area contributed by atoms with Gasteiger partial charge in [-0.15, -0.1) is 11.3 Å². The standard InChI is InChI=1S/C20H21ClN4S/c1-13-12-26-19(23-13)11-14-5-2-7-16(24-14)17-8-3-9-18(25-17)20-15(21)6-4-10-22-20/h2,4-7,10,12,17-18,25H,3,8-9,11H2,1H3/t17-,18+/m1/s1.